The van der Waals surface area contributed by atoms with E-state index in [1.807, 2.05) is 0 Å². The zero-order valence-corrected chi connectivity index (χ0v) is 23.8. The Morgan fingerprint density at radius 2 is 1.54 bits per heavy atom. The topological polar surface area (TPSA) is 49.9 Å². The Bertz CT molecular complexity index is 1220. The van der Waals surface area contributed by atoms with Gasteiger partial charge in [0.15, 0.2) is 9.84 Å². The minimum Gasteiger partial charge on any atom is -0.496 e. The van der Waals surface area contributed by atoms with Crippen molar-refractivity contribution in [3.05, 3.63) is 95.6 Å². The van der Waals surface area contributed by atoms with Crippen molar-refractivity contribution >= 4 is 34.7 Å². The Balaban J connectivity index is 0.00000190. The summed E-state index contributed by atoms with van der Waals surface area (Å²) in [5, 5.41) is 0. The van der Waals surface area contributed by atoms with Gasteiger partial charge in [0.25, 0.3) is 0 Å². The van der Waals surface area contributed by atoms with Crippen LogP contribution < -0.4 is 4.74 Å². The highest BCUT2D eigenvalue weighted by Crippen LogP contribution is 2.38. The summed E-state index contributed by atoms with van der Waals surface area (Å²) >= 11 is 0. The third kappa shape index (κ3) is 6.50. The van der Waals surface area contributed by atoms with E-state index in [2.05, 4.69) is 70.5 Å². The van der Waals surface area contributed by atoms with Crippen LogP contribution in [-0.4, -0.2) is 63.3 Å². The first-order chi connectivity index (χ1) is 16.9. The molecule has 0 aromatic heterocycles. The zero-order valence-electron chi connectivity index (χ0n) is 21.3. The SMILES string of the molecule is COc1ccc(S(C)(=O)=O)cc1CN1C[C@@H]2CCCN2[C@H](C(c2ccccc2)c2ccccc2)C1.Cl.Cl. The van der Waals surface area contributed by atoms with Gasteiger partial charge in [0.2, 0.25) is 0 Å². The second-order valence-electron chi connectivity index (χ2n) is 9.84. The van der Waals surface area contributed by atoms with E-state index in [-0.39, 0.29) is 30.7 Å². The van der Waals surface area contributed by atoms with E-state index < -0.39 is 9.84 Å². The van der Waals surface area contributed by atoms with Crippen LogP contribution in [0.4, 0.5) is 0 Å². The number of hydrogen-bond acceptors (Lipinski definition) is 5. The molecule has 200 valence electrons. The lowest BCUT2D eigenvalue weighted by Gasteiger charge is -2.47. The molecule has 2 aliphatic rings. The maximum Gasteiger partial charge on any atom is 0.175 e. The average Bonchev–Trinajstić information content (AvgIpc) is 3.34. The first kappa shape index (κ1) is 29.5. The largest absolute Gasteiger partial charge is 0.496 e. The number of methoxy groups -OCH3 is 1. The summed E-state index contributed by atoms with van der Waals surface area (Å²) in [6.07, 6.45) is 3.68. The van der Waals surface area contributed by atoms with Crippen LogP contribution in [0, 0.1) is 0 Å². The fourth-order valence-electron chi connectivity index (χ4n) is 5.97. The molecule has 5 rings (SSSR count). The van der Waals surface area contributed by atoms with Gasteiger partial charge in [-0.3, -0.25) is 9.80 Å². The Hall–Kier alpha value is -2.09. The van der Waals surface area contributed by atoms with Gasteiger partial charge in [0.1, 0.15) is 5.75 Å². The molecule has 37 heavy (non-hydrogen) atoms. The molecule has 5 nitrogen and oxygen atoms in total. The van der Waals surface area contributed by atoms with Crippen LogP contribution in [0.1, 0.15) is 35.4 Å². The molecular weight excluding hydrogens is 527 g/mol. The average molecular weight is 564 g/mol. The number of benzene rings is 3. The summed E-state index contributed by atoms with van der Waals surface area (Å²) in [6, 6.07) is 27.8. The molecule has 2 heterocycles. The maximum atomic E-state index is 12.2. The molecule has 2 fully saturated rings. The standard InChI is InChI=1S/C29H34N2O3S.2ClH/c1-34-28-16-15-26(35(2,32)33)18-24(28)19-30-20-25-14-9-17-31(25)27(21-30)29(22-10-5-3-6-11-22)23-12-7-4-8-13-23;;/h3-8,10-13,15-16,18,25,27,29H,9,14,17,19-21H2,1-2H3;2*1H/t25-,27-;;/m0../s1. The number of rotatable bonds is 7. The summed E-state index contributed by atoms with van der Waals surface area (Å²) < 4.78 is 30.1. The molecule has 0 saturated carbocycles. The van der Waals surface area contributed by atoms with Crippen molar-refractivity contribution in [3.8, 4) is 5.75 Å². The van der Waals surface area contributed by atoms with Crippen LogP contribution >= 0.6 is 24.8 Å². The van der Waals surface area contributed by atoms with Crippen molar-refractivity contribution in [3.63, 3.8) is 0 Å². The minimum atomic E-state index is -3.28. The van der Waals surface area contributed by atoms with Gasteiger partial charge in [-0.15, -0.1) is 24.8 Å². The van der Waals surface area contributed by atoms with E-state index in [9.17, 15) is 8.42 Å². The molecule has 8 heteroatoms. The van der Waals surface area contributed by atoms with Crippen LogP contribution in [-0.2, 0) is 16.4 Å². The van der Waals surface area contributed by atoms with Gasteiger partial charge in [0, 0.05) is 49.5 Å². The fourth-order valence-corrected chi connectivity index (χ4v) is 6.64. The molecule has 0 spiro atoms. The van der Waals surface area contributed by atoms with Gasteiger partial charge in [-0.1, -0.05) is 60.7 Å². The molecular formula is C29H36Cl2N2O3S. The van der Waals surface area contributed by atoms with Crippen molar-refractivity contribution in [1.82, 2.24) is 9.80 Å². The highest BCUT2D eigenvalue weighted by molar-refractivity contribution is 7.90. The van der Waals surface area contributed by atoms with Crippen molar-refractivity contribution in [2.24, 2.45) is 0 Å². The second-order valence-corrected chi connectivity index (χ2v) is 11.9. The summed E-state index contributed by atoms with van der Waals surface area (Å²) in [5.41, 5.74) is 3.61. The predicted octanol–water partition coefficient (Wildman–Crippen LogP) is 5.42. The highest BCUT2D eigenvalue weighted by atomic mass is 35.5. The summed E-state index contributed by atoms with van der Waals surface area (Å²) in [4.78, 5) is 5.57. The van der Waals surface area contributed by atoms with E-state index >= 15 is 0 Å². The molecule has 2 saturated heterocycles. The maximum absolute atomic E-state index is 12.2. The van der Waals surface area contributed by atoms with Crippen LogP contribution in [0.3, 0.4) is 0 Å². The number of nitrogens with zero attached hydrogens (tertiary/aromatic N) is 2. The molecule has 3 aromatic carbocycles. The van der Waals surface area contributed by atoms with E-state index in [0.717, 1.165) is 30.9 Å². The van der Waals surface area contributed by atoms with Gasteiger partial charge >= 0.3 is 0 Å². The van der Waals surface area contributed by atoms with Crippen molar-refractivity contribution in [2.45, 2.75) is 42.3 Å². The third-order valence-electron chi connectivity index (χ3n) is 7.54. The summed E-state index contributed by atoms with van der Waals surface area (Å²) in [7, 11) is -1.63. The van der Waals surface area contributed by atoms with Crippen molar-refractivity contribution < 1.29 is 13.2 Å². The summed E-state index contributed by atoms with van der Waals surface area (Å²) in [6.45, 7) is 3.70. The lowest BCUT2D eigenvalue weighted by Crippen LogP contribution is -2.57. The molecule has 0 radical (unpaired) electrons. The fraction of sp³-hybridized carbons (Fsp3) is 0.379. The molecule has 0 aliphatic carbocycles. The van der Waals surface area contributed by atoms with Crippen molar-refractivity contribution in [2.75, 3.05) is 33.0 Å². The number of halogens is 2. The lowest BCUT2D eigenvalue weighted by molar-refractivity contribution is 0.0380. The molecule has 2 aliphatic heterocycles. The lowest BCUT2D eigenvalue weighted by atomic mass is 9.82. The number of hydrogen-bond donors (Lipinski definition) is 0. The molecule has 0 unspecified atom stereocenters. The molecule has 2 atom stereocenters. The predicted molar refractivity (Wildman–Crippen MR) is 154 cm³/mol. The van der Waals surface area contributed by atoms with Crippen LogP contribution in [0.25, 0.3) is 0 Å². The number of sulfone groups is 1. The van der Waals surface area contributed by atoms with Crippen LogP contribution in [0.2, 0.25) is 0 Å². The second kappa shape index (κ2) is 12.6. The third-order valence-corrected chi connectivity index (χ3v) is 8.65. The Morgan fingerprint density at radius 1 is 0.919 bits per heavy atom. The molecule has 0 N–H and O–H groups in total. The van der Waals surface area contributed by atoms with E-state index in [0.29, 0.717) is 23.5 Å². The normalized spacial score (nSPS) is 20.1. The smallest absolute Gasteiger partial charge is 0.175 e. The Labute approximate surface area is 233 Å². The first-order valence-electron chi connectivity index (χ1n) is 12.4. The number of ether oxygens (including phenoxy) is 1. The summed E-state index contributed by atoms with van der Waals surface area (Å²) in [5.74, 6) is 1.01. The van der Waals surface area contributed by atoms with Crippen molar-refractivity contribution in [1.29, 1.82) is 0 Å². The molecule has 3 aromatic rings. The Kier molecular flexibility index (Phi) is 10.1. The first-order valence-corrected chi connectivity index (χ1v) is 14.3. The number of fused-ring (bicyclic) bond motifs is 1. The van der Waals surface area contributed by atoms with E-state index in [4.69, 9.17) is 4.74 Å². The van der Waals surface area contributed by atoms with Gasteiger partial charge in [-0.05, 0) is 48.7 Å². The quantitative estimate of drug-likeness (QED) is 0.384. The molecule has 0 amide bonds. The zero-order chi connectivity index (χ0) is 24.4. The highest BCUT2D eigenvalue weighted by Gasteiger charge is 2.41. The van der Waals surface area contributed by atoms with Gasteiger partial charge in [-0.25, -0.2) is 8.42 Å². The monoisotopic (exact) mass is 562 g/mol. The van der Waals surface area contributed by atoms with E-state index in [1.165, 1.54) is 30.2 Å². The van der Waals surface area contributed by atoms with Gasteiger partial charge in [0.05, 0.1) is 12.0 Å². The van der Waals surface area contributed by atoms with E-state index in [1.54, 1.807) is 25.3 Å². The van der Waals surface area contributed by atoms with Gasteiger partial charge < -0.3 is 4.74 Å². The van der Waals surface area contributed by atoms with Gasteiger partial charge in [-0.2, -0.15) is 0 Å². The number of piperazine rings is 1. The van der Waals surface area contributed by atoms with Crippen LogP contribution in [0.15, 0.2) is 83.8 Å². The minimum absolute atomic E-state index is 0. The van der Waals surface area contributed by atoms with Crippen LogP contribution in [0.5, 0.6) is 5.75 Å². The molecule has 0 bridgehead atoms. The Morgan fingerprint density at radius 3 is 2.11 bits per heavy atom.